The van der Waals surface area contributed by atoms with Crippen molar-refractivity contribution >= 4 is 17.8 Å². The number of benzene rings is 1. The first-order valence-electron chi connectivity index (χ1n) is 11.3. The Morgan fingerprint density at radius 2 is 1.83 bits per heavy atom. The summed E-state index contributed by atoms with van der Waals surface area (Å²) < 4.78 is 4.91. The summed E-state index contributed by atoms with van der Waals surface area (Å²) in [7, 11) is 1.37. The maximum Gasteiger partial charge on any atom is 0.328 e. The summed E-state index contributed by atoms with van der Waals surface area (Å²) in [5.74, 6) is 0.0946. The van der Waals surface area contributed by atoms with E-state index in [9.17, 15) is 14.4 Å². The number of hydrogen-bond acceptors (Lipinski definition) is 4. The van der Waals surface area contributed by atoms with Crippen molar-refractivity contribution in [1.29, 1.82) is 0 Å². The first kappa shape index (κ1) is 20.9. The number of ether oxygens (including phenoxy) is 1. The van der Waals surface area contributed by atoms with Gasteiger partial charge in [0.05, 0.1) is 7.11 Å². The van der Waals surface area contributed by atoms with E-state index >= 15 is 0 Å². The van der Waals surface area contributed by atoms with Gasteiger partial charge in [-0.15, -0.1) is 0 Å². The highest BCUT2D eigenvalue weighted by Crippen LogP contribution is 2.42. The predicted molar refractivity (Wildman–Crippen MR) is 113 cm³/mol. The average molecular weight is 413 g/mol. The molecule has 4 rings (SSSR count). The zero-order chi connectivity index (χ0) is 21.1. The maximum atomic E-state index is 13.4. The number of carbonyl (C=O) groups excluding carboxylic acids is 3. The van der Waals surface area contributed by atoms with Crippen molar-refractivity contribution in [2.24, 2.45) is 5.92 Å². The second-order valence-corrected chi connectivity index (χ2v) is 8.86. The monoisotopic (exact) mass is 412 g/mol. The van der Waals surface area contributed by atoms with Crippen LogP contribution in [0.15, 0.2) is 30.3 Å². The Balaban J connectivity index is 1.44. The minimum Gasteiger partial charge on any atom is -0.467 e. The standard InChI is InChI=1S/C24H32N2O4/c1-30-24(29)20-13-7-15-25(20)23(28)21-16-18-11-6-12-19(18)26(21)22(27)14-5-10-17-8-3-2-4-9-17/h2-4,8-9,18-21H,5-7,10-16H2,1H3/t18-,19-,20-,21?/m0/s1. The maximum absolute atomic E-state index is 13.4. The predicted octanol–water partition coefficient (Wildman–Crippen LogP) is 2.94. The largest absolute Gasteiger partial charge is 0.467 e. The topological polar surface area (TPSA) is 66.9 Å². The molecule has 6 heteroatoms. The summed E-state index contributed by atoms with van der Waals surface area (Å²) in [4.78, 5) is 42.4. The number of esters is 1. The lowest BCUT2D eigenvalue weighted by atomic mass is 10.0. The Hall–Kier alpha value is -2.37. The van der Waals surface area contributed by atoms with Crippen molar-refractivity contribution < 1.29 is 19.1 Å². The third-order valence-corrected chi connectivity index (χ3v) is 7.12. The Morgan fingerprint density at radius 3 is 2.60 bits per heavy atom. The number of methoxy groups -OCH3 is 1. The highest BCUT2D eigenvalue weighted by Gasteiger charge is 2.50. The average Bonchev–Trinajstić information content (AvgIpc) is 3.49. The van der Waals surface area contributed by atoms with Crippen LogP contribution in [0.4, 0.5) is 0 Å². The summed E-state index contributed by atoms with van der Waals surface area (Å²) >= 11 is 0. The van der Waals surface area contributed by atoms with Crippen molar-refractivity contribution in [3.63, 3.8) is 0 Å². The molecule has 1 saturated carbocycles. The number of amides is 2. The van der Waals surface area contributed by atoms with Crippen LogP contribution in [0.25, 0.3) is 0 Å². The second-order valence-electron chi connectivity index (χ2n) is 8.86. The summed E-state index contributed by atoms with van der Waals surface area (Å²) in [6.45, 7) is 0.570. The van der Waals surface area contributed by atoms with Crippen molar-refractivity contribution in [2.75, 3.05) is 13.7 Å². The molecule has 2 heterocycles. The van der Waals surface area contributed by atoms with E-state index < -0.39 is 12.1 Å². The van der Waals surface area contributed by atoms with E-state index in [1.807, 2.05) is 23.1 Å². The fraction of sp³-hybridized carbons (Fsp3) is 0.625. The van der Waals surface area contributed by atoms with Crippen LogP contribution in [-0.2, 0) is 25.5 Å². The number of fused-ring (bicyclic) bond motifs is 1. The molecule has 30 heavy (non-hydrogen) atoms. The molecule has 0 N–H and O–H groups in total. The molecule has 0 radical (unpaired) electrons. The van der Waals surface area contributed by atoms with Gasteiger partial charge in [0.1, 0.15) is 12.1 Å². The van der Waals surface area contributed by atoms with Gasteiger partial charge in [0.15, 0.2) is 0 Å². The van der Waals surface area contributed by atoms with Gasteiger partial charge in [-0.3, -0.25) is 9.59 Å². The van der Waals surface area contributed by atoms with E-state index in [-0.39, 0.29) is 23.8 Å². The van der Waals surface area contributed by atoms with Crippen LogP contribution in [0.5, 0.6) is 0 Å². The van der Waals surface area contributed by atoms with Crippen molar-refractivity contribution in [1.82, 2.24) is 9.80 Å². The number of nitrogens with zero attached hydrogens (tertiary/aromatic N) is 2. The molecule has 162 valence electrons. The number of hydrogen-bond donors (Lipinski definition) is 0. The van der Waals surface area contributed by atoms with Gasteiger partial charge in [-0.25, -0.2) is 4.79 Å². The van der Waals surface area contributed by atoms with Crippen LogP contribution in [0.3, 0.4) is 0 Å². The first-order valence-corrected chi connectivity index (χ1v) is 11.3. The van der Waals surface area contributed by atoms with Gasteiger partial charge in [-0.1, -0.05) is 36.8 Å². The lowest BCUT2D eigenvalue weighted by Gasteiger charge is -2.33. The smallest absolute Gasteiger partial charge is 0.328 e. The van der Waals surface area contributed by atoms with Gasteiger partial charge in [0.25, 0.3) is 0 Å². The highest BCUT2D eigenvalue weighted by molar-refractivity contribution is 5.92. The molecule has 2 saturated heterocycles. The number of likely N-dealkylation sites (tertiary alicyclic amines) is 2. The van der Waals surface area contributed by atoms with Gasteiger partial charge in [0.2, 0.25) is 11.8 Å². The number of aryl methyl sites for hydroxylation is 1. The molecule has 1 unspecified atom stereocenters. The molecule has 3 fully saturated rings. The van der Waals surface area contributed by atoms with Crippen LogP contribution in [0, 0.1) is 5.92 Å². The lowest BCUT2D eigenvalue weighted by molar-refractivity contribution is -0.154. The van der Waals surface area contributed by atoms with Crippen LogP contribution >= 0.6 is 0 Å². The summed E-state index contributed by atoms with van der Waals surface area (Å²) in [5, 5.41) is 0. The minimum atomic E-state index is -0.502. The zero-order valence-electron chi connectivity index (χ0n) is 17.8. The van der Waals surface area contributed by atoms with Gasteiger partial charge < -0.3 is 14.5 Å². The Morgan fingerprint density at radius 1 is 1.03 bits per heavy atom. The van der Waals surface area contributed by atoms with E-state index in [4.69, 9.17) is 4.74 Å². The molecule has 1 aliphatic carbocycles. The molecule has 2 amide bonds. The van der Waals surface area contributed by atoms with Crippen LogP contribution < -0.4 is 0 Å². The van der Waals surface area contributed by atoms with Gasteiger partial charge >= 0.3 is 5.97 Å². The summed E-state index contributed by atoms with van der Waals surface area (Å²) in [5.41, 5.74) is 1.23. The highest BCUT2D eigenvalue weighted by atomic mass is 16.5. The van der Waals surface area contributed by atoms with Crippen LogP contribution in [-0.4, -0.2) is 59.4 Å². The molecule has 3 aliphatic rings. The van der Waals surface area contributed by atoms with E-state index in [0.717, 1.165) is 44.9 Å². The molecular formula is C24H32N2O4. The molecule has 1 aromatic carbocycles. The van der Waals surface area contributed by atoms with Crippen LogP contribution in [0.2, 0.25) is 0 Å². The lowest BCUT2D eigenvalue weighted by Crippen LogP contribution is -2.52. The SMILES string of the molecule is COC(=O)[C@@H]1CCCN1C(=O)C1C[C@@H]2CCC[C@@H]2N1C(=O)CCCc1ccccc1. The minimum absolute atomic E-state index is 0.0614. The molecule has 6 nitrogen and oxygen atoms in total. The van der Waals surface area contributed by atoms with Gasteiger partial charge in [-0.05, 0) is 56.4 Å². The summed E-state index contributed by atoms with van der Waals surface area (Å²) in [6.07, 6.45) is 7.48. The van der Waals surface area contributed by atoms with Gasteiger partial charge in [-0.2, -0.15) is 0 Å². The third-order valence-electron chi connectivity index (χ3n) is 7.12. The van der Waals surface area contributed by atoms with Gasteiger partial charge in [0, 0.05) is 19.0 Å². The van der Waals surface area contributed by atoms with E-state index in [0.29, 0.717) is 25.3 Å². The van der Waals surface area contributed by atoms with Crippen LogP contribution in [0.1, 0.15) is 56.9 Å². The quantitative estimate of drug-likeness (QED) is 0.674. The first-order chi connectivity index (χ1) is 14.6. The normalized spacial score (nSPS) is 27.9. The number of carbonyl (C=O) groups is 3. The Labute approximate surface area is 178 Å². The molecule has 1 aromatic rings. The number of rotatable bonds is 6. The van der Waals surface area contributed by atoms with Crippen molar-refractivity contribution in [2.45, 2.75) is 75.9 Å². The molecular weight excluding hydrogens is 380 g/mol. The molecule has 4 atom stereocenters. The van der Waals surface area contributed by atoms with E-state index in [1.54, 1.807) is 4.90 Å². The molecule has 0 bridgehead atoms. The summed E-state index contributed by atoms with van der Waals surface area (Å²) in [6, 6.07) is 9.46. The van der Waals surface area contributed by atoms with E-state index in [1.165, 1.54) is 12.7 Å². The van der Waals surface area contributed by atoms with Crippen molar-refractivity contribution in [3.05, 3.63) is 35.9 Å². The fourth-order valence-electron chi connectivity index (χ4n) is 5.69. The van der Waals surface area contributed by atoms with Crippen molar-refractivity contribution in [3.8, 4) is 0 Å². The fourth-order valence-corrected chi connectivity index (χ4v) is 5.69. The third kappa shape index (κ3) is 4.09. The molecule has 2 aliphatic heterocycles. The molecule has 0 aromatic heterocycles. The Kier molecular flexibility index (Phi) is 6.40. The Bertz CT molecular complexity index is 781. The van der Waals surface area contributed by atoms with E-state index in [2.05, 4.69) is 12.1 Å². The second kappa shape index (κ2) is 9.19. The zero-order valence-corrected chi connectivity index (χ0v) is 17.8. The molecule has 0 spiro atoms.